The van der Waals surface area contributed by atoms with E-state index < -0.39 is 6.04 Å². The predicted molar refractivity (Wildman–Crippen MR) is 87.5 cm³/mol. The van der Waals surface area contributed by atoms with Crippen molar-refractivity contribution >= 4 is 23.2 Å². The molecule has 2 atom stereocenters. The summed E-state index contributed by atoms with van der Waals surface area (Å²) >= 11 is 5.97. The average Bonchev–Trinajstić information content (AvgIpc) is 2.49. The maximum absolute atomic E-state index is 12.8. The molecule has 2 N–H and O–H groups in total. The lowest BCUT2D eigenvalue weighted by Gasteiger charge is -2.20. The van der Waals surface area contributed by atoms with Gasteiger partial charge in [0.15, 0.2) is 0 Å². The van der Waals surface area contributed by atoms with E-state index in [0.717, 1.165) is 5.56 Å². The Morgan fingerprint density at radius 1 is 1.14 bits per heavy atom. The number of benzene rings is 2. The monoisotopic (exact) mass is 320 g/mol. The van der Waals surface area contributed by atoms with Gasteiger partial charge < -0.3 is 5.32 Å². The van der Waals surface area contributed by atoms with Gasteiger partial charge in [-0.25, -0.2) is 4.39 Å². The molecule has 2 aromatic rings. The molecule has 0 fully saturated rings. The Morgan fingerprint density at radius 2 is 1.82 bits per heavy atom. The van der Waals surface area contributed by atoms with Crippen molar-refractivity contribution in [3.8, 4) is 0 Å². The van der Waals surface area contributed by atoms with Crippen LogP contribution in [0.25, 0.3) is 0 Å². The van der Waals surface area contributed by atoms with Gasteiger partial charge in [0, 0.05) is 16.8 Å². The second kappa shape index (κ2) is 7.38. The number of carbonyl (C=O) groups excluding carboxylic acids is 1. The molecule has 0 aliphatic rings. The summed E-state index contributed by atoms with van der Waals surface area (Å²) in [5, 5.41) is 6.61. The van der Waals surface area contributed by atoms with Crippen LogP contribution in [0.3, 0.4) is 0 Å². The Morgan fingerprint density at radius 3 is 2.45 bits per heavy atom. The number of halogens is 2. The standard InChI is InChI=1S/C17H18ClFN2O/c1-11(13-4-3-5-14(18)10-13)20-12(2)17(22)21-16-8-6-15(19)7-9-16/h3-12,20H,1-2H3,(H,21,22)/t11-,12+/m0/s1. The zero-order valence-corrected chi connectivity index (χ0v) is 13.2. The lowest BCUT2D eigenvalue weighted by molar-refractivity contribution is -0.117. The van der Waals surface area contributed by atoms with Gasteiger partial charge in [-0.2, -0.15) is 0 Å². The first-order valence-electron chi connectivity index (χ1n) is 7.03. The van der Waals surface area contributed by atoms with Gasteiger partial charge in [0.1, 0.15) is 5.82 Å². The molecule has 22 heavy (non-hydrogen) atoms. The molecule has 0 bridgehead atoms. The zero-order valence-electron chi connectivity index (χ0n) is 12.4. The molecule has 1 amide bonds. The smallest absolute Gasteiger partial charge is 0.241 e. The highest BCUT2D eigenvalue weighted by molar-refractivity contribution is 6.30. The van der Waals surface area contributed by atoms with E-state index in [1.54, 1.807) is 6.92 Å². The molecule has 0 saturated heterocycles. The van der Waals surface area contributed by atoms with Crippen LogP contribution in [0.1, 0.15) is 25.5 Å². The number of anilines is 1. The Kier molecular flexibility index (Phi) is 5.52. The SMILES string of the molecule is C[C@H](N[C@H](C)C(=O)Nc1ccc(F)cc1)c1cccc(Cl)c1. The largest absolute Gasteiger partial charge is 0.325 e. The summed E-state index contributed by atoms with van der Waals surface area (Å²) in [5.74, 6) is -0.515. The van der Waals surface area contributed by atoms with Crippen LogP contribution in [0.2, 0.25) is 5.02 Å². The number of nitrogens with one attached hydrogen (secondary N) is 2. The summed E-state index contributed by atoms with van der Waals surface area (Å²) in [7, 11) is 0. The summed E-state index contributed by atoms with van der Waals surface area (Å²) in [6.45, 7) is 3.74. The van der Waals surface area contributed by atoms with Gasteiger partial charge in [-0.05, 0) is 55.8 Å². The Balaban J connectivity index is 1.94. The minimum Gasteiger partial charge on any atom is -0.325 e. The molecule has 0 saturated carbocycles. The molecule has 0 radical (unpaired) electrons. The van der Waals surface area contributed by atoms with Crippen LogP contribution in [0, 0.1) is 5.82 Å². The Labute approximate surface area is 134 Å². The van der Waals surface area contributed by atoms with Crippen molar-refractivity contribution in [3.05, 3.63) is 64.9 Å². The van der Waals surface area contributed by atoms with Gasteiger partial charge in [0.2, 0.25) is 5.91 Å². The van der Waals surface area contributed by atoms with E-state index in [9.17, 15) is 9.18 Å². The molecule has 3 nitrogen and oxygen atoms in total. The summed E-state index contributed by atoms with van der Waals surface area (Å²) in [4.78, 5) is 12.1. The fourth-order valence-electron chi connectivity index (χ4n) is 2.11. The van der Waals surface area contributed by atoms with Crippen LogP contribution in [0.15, 0.2) is 48.5 Å². The molecule has 0 spiro atoms. The van der Waals surface area contributed by atoms with E-state index in [1.807, 2.05) is 31.2 Å². The van der Waals surface area contributed by atoms with Crippen LogP contribution >= 0.6 is 11.6 Å². The molecule has 2 rings (SSSR count). The quantitative estimate of drug-likeness (QED) is 0.868. The van der Waals surface area contributed by atoms with Crippen molar-refractivity contribution in [1.82, 2.24) is 5.32 Å². The third-order valence-electron chi connectivity index (χ3n) is 3.35. The van der Waals surface area contributed by atoms with Crippen molar-refractivity contribution in [2.75, 3.05) is 5.32 Å². The van der Waals surface area contributed by atoms with Crippen LogP contribution in [-0.4, -0.2) is 11.9 Å². The highest BCUT2D eigenvalue weighted by Crippen LogP contribution is 2.18. The molecule has 5 heteroatoms. The number of hydrogen-bond donors (Lipinski definition) is 2. The number of hydrogen-bond acceptors (Lipinski definition) is 2. The molecular weight excluding hydrogens is 303 g/mol. The number of carbonyl (C=O) groups is 1. The summed E-state index contributed by atoms with van der Waals surface area (Å²) in [5.41, 5.74) is 1.57. The average molecular weight is 321 g/mol. The first kappa shape index (κ1) is 16.5. The minimum absolute atomic E-state index is 0.0207. The summed E-state index contributed by atoms with van der Waals surface area (Å²) in [6, 6.07) is 12.7. The highest BCUT2D eigenvalue weighted by Gasteiger charge is 2.16. The lowest BCUT2D eigenvalue weighted by Crippen LogP contribution is -2.39. The van der Waals surface area contributed by atoms with Crippen molar-refractivity contribution in [2.24, 2.45) is 0 Å². The molecule has 0 aromatic heterocycles. The maximum atomic E-state index is 12.8. The molecule has 0 aliphatic heterocycles. The van der Waals surface area contributed by atoms with Crippen molar-refractivity contribution in [2.45, 2.75) is 25.9 Å². The fourth-order valence-corrected chi connectivity index (χ4v) is 2.31. The van der Waals surface area contributed by atoms with Crippen LogP contribution < -0.4 is 10.6 Å². The minimum atomic E-state index is -0.404. The topological polar surface area (TPSA) is 41.1 Å². The summed E-state index contributed by atoms with van der Waals surface area (Å²) < 4.78 is 12.8. The van der Waals surface area contributed by atoms with E-state index in [1.165, 1.54) is 24.3 Å². The van der Waals surface area contributed by atoms with E-state index in [4.69, 9.17) is 11.6 Å². The normalized spacial score (nSPS) is 13.5. The number of amides is 1. The van der Waals surface area contributed by atoms with Crippen LogP contribution in [-0.2, 0) is 4.79 Å². The Bertz CT molecular complexity index is 645. The van der Waals surface area contributed by atoms with Crippen molar-refractivity contribution in [1.29, 1.82) is 0 Å². The highest BCUT2D eigenvalue weighted by atomic mass is 35.5. The fraction of sp³-hybridized carbons (Fsp3) is 0.235. The van der Waals surface area contributed by atoms with Gasteiger partial charge in [-0.3, -0.25) is 10.1 Å². The molecule has 0 aliphatic carbocycles. The van der Waals surface area contributed by atoms with Crippen LogP contribution in [0.5, 0.6) is 0 Å². The van der Waals surface area contributed by atoms with Gasteiger partial charge in [-0.15, -0.1) is 0 Å². The summed E-state index contributed by atoms with van der Waals surface area (Å²) in [6.07, 6.45) is 0. The van der Waals surface area contributed by atoms with Crippen molar-refractivity contribution in [3.63, 3.8) is 0 Å². The van der Waals surface area contributed by atoms with Gasteiger partial charge in [0.25, 0.3) is 0 Å². The van der Waals surface area contributed by atoms with Gasteiger partial charge >= 0.3 is 0 Å². The first-order valence-corrected chi connectivity index (χ1v) is 7.41. The number of rotatable bonds is 5. The van der Waals surface area contributed by atoms with E-state index >= 15 is 0 Å². The maximum Gasteiger partial charge on any atom is 0.241 e. The van der Waals surface area contributed by atoms with E-state index in [0.29, 0.717) is 10.7 Å². The molecular formula is C17H18ClFN2O. The van der Waals surface area contributed by atoms with Crippen molar-refractivity contribution < 1.29 is 9.18 Å². The lowest BCUT2D eigenvalue weighted by atomic mass is 10.1. The molecule has 0 heterocycles. The first-order chi connectivity index (χ1) is 10.5. The molecule has 2 aromatic carbocycles. The van der Waals surface area contributed by atoms with Gasteiger partial charge in [-0.1, -0.05) is 23.7 Å². The van der Waals surface area contributed by atoms with E-state index in [-0.39, 0.29) is 17.8 Å². The molecule has 0 unspecified atom stereocenters. The third-order valence-corrected chi connectivity index (χ3v) is 3.59. The van der Waals surface area contributed by atoms with E-state index in [2.05, 4.69) is 10.6 Å². The van der Waals surface area contributed by atoms with Crippen LogP contribution in [0.4, 0.5) is 10.1 Å². The second-order valence-corrected chi connectivity index (χ2v) is 5.60. The third kappa shape index (κ3) is 4.55. The zero-order chi connectivity index (χ0) is 16.1. The molecule has 116 valence electrons. The predicted octanol–water partition coefficient (Wildman–Crippen LogP) is 4.16. The second-order valence-electron chi connectivity index (χ2n) is 5.16. The van der Waals surface area contributed by atoms with Gasteiger partial charge in [0.05, 0.1) is 6.04 Å². The Hall–Kier alpha value is -1.91.